The molecule has 1 N–H and O–H groups in total. The normalized spacial score (nSPS) is 14.6. The molecule has 2 aromatic heterocycles. The maximum atomic E-state index is 12.8. The molecule has 0 spiro atoms. The highest BCUT2D eigenvalue weighted by atomic mass is 35.5. The van der Waals surface area contributed by atoms with E-state index in [1.54, 1.807) is 18.2 Å². The van der Waals surface area contributed by atoms with Crippen molar-refractivity contribution in [2.24, 2.45) is 0 Å². The summed E-state index contributed by atoms with van der Waals surface area (Å²) in [6, 6.07) is 5.35. The van der Waals surface area contributed by atoms with Crippen LogP contribution in [0.5, 0.6) is 0 Å². The summed E-state index contributed by atoms with van der Waals surface area (Å²) in [5.41, 5.74) is 1.94. The molecule has 0 saturated carbocycles. The molecule has 8 heteroatoms. The molecule has 146 valence electrons. The number of amides is 1. The molecule has 0 radical (unpaired) electrons. The molecule has 28 heavy (non-hydrogen) atoms. The predicted molar refractivity (Wildman–Crippen MR) is 109 cm³/mol. The SMILES string of the molecule is CC(C)(C)c1nc2cc(NC(=O)c3nc(N4CCCC4)ncc3Cl)ccc2o1. The standard InChI is InChI=1S/C20H22ClN5O2/c1-20(2,3)18-24-14-10-12(6-7-15(14)28-18)23-17(27)16-13(21)11-22-19(25-16)26-8-4-5-9-26/h6-7,10-11H,4-5,8-9H2,1-3H3,(H,23,27). The van der Waals surface area contributed by atoms with Crippen molar-refractivity contribution in [3.63, 3.8) is 0 Å². The number of carbonyl (C=O) groups excluding carboxylic acids is 1. The highest BCUT2D eigenvalue weighted by Gasteiger charge is 2.22. The minimum absolute atomic E-state index is 0.161. The fourth-order valence-electron chi connectivity index (χ4n) is 3.10. The van der Waals surface area contributed by atoms with E-state index in [1.165, 1.54) is 6.20 Å². The van der Waals surface area contributed by atoms with E-state index in [9.17, 15) is 4.79 Å². The largest absolute Gasteiger partial charge is 0.440 e. The average Bonchev–Trinajstić information content (AvgIpc) is 3.31. The lowest BCUT2D eigenvalue weighted by molar-refractivity contribution is 0.102. The number of anilines is 2. The maximum Gasteiger partial charge on any atom is 0.276 e. The van der Waals surface area contributed by atoms with Crippen LogP contribution in [-0.2, 0) is 5.41 Å². The molecule has 4 rings (SSSR count). The molecule has 1 aliphatic heterocycles. The Morgan fingerprint density at radius 3 is 2.68 bits per heavy atom. The predicted octanol–water partition coefficient (Wildman–Crippen LogP) is 4.42. The van der Waals surface area contributed by atoms with Crippen LogP contribution in [0.3, 0.4) is 0 Å². The highest BCUT2D eigenvalue weighted by molar-refractivity contribution is 6.34. The van der Waals surface area contributed by atoms with Crippen LogP contribution in [0.15, 0.2) is 28.8 Å². The zero-order chi connectivity index (χ0) is 19.9. The van der Waals surface area contributed by atoms with Crippen molar-refractivity contribution >= 4 is 40.2 Å². The van der Waals surface area contributed by atoms with Gasteiger partial charge in [-0.2, -0.15) is 0 Å². The van der Waals surface area contributed by atoms with E-state index in [2.05, 4.69) is 25.2 Å². The Morgan fingerprint density at radius 1 is 1.21 bits per heavy atom. The lowest BCUT2D eigenvalue weighted by Crippen LogP contribution is -2.23. The lowest BCUT2D eigenvalue weighted by Gasteiger charge is -2.16. The van der Waals surface area contributed by atoms with Gasteiger partial charge in [-0.1, -0.05) is 32.4 Å². The third-order valence-corrected chi connectivity index (χ3v) is 4.90. The topological polar surface area (TPSA) is 84.2 Å². The second-order valence-corrected chi connectivity index (χ2v) is 8.37. The zero-order valence-electron chi connectivity index (χ0n) is 16.1. The van der Waals surface area contributed by atoms with Crippen molar-refractivity contribution in [3.8, 4) is 0 Å². The minimum atomic E-state index is -0.383. The van der Waals surface area contributed by atoms with E-state index >= 15 is 0 Å². The van der Waals surface area contributed by atoms with Crippen molar-refractivity contribution in [2.45, 2.75) is 39.0 Å². The van der Waals surface area contributed by atoms with Crippen molar-refractivity contribution in [2.75, 3.05) is 23.3 Å². The van der Waals surface area contributed by atoms with Crippen molar-refractivity contribution in [3.05, 3.63) is 41.0 Å². The van der Waals surface area contributed by atoms with Gasteiger partial charge in [0.15, 0.2) is 11.3 Å². The van der Waals surface area contributed by atoms with Gasteiger partial charge in [0.25, 0.3) is 5.91 Å². The highest BCUT2D eigenvalue weighted by Crippen LogP contribution is 2.28. The van der Waals surface area contributed by atoms with Gasteiger partial charge in [0.1, 0.15) is 5.52 Å². The van der Waals surface area contributed by atoms with E-state index in [0.29, 0.717) is 28.6 Å². The summed E-state index contributed by atoms with van der Waals surface area (Å²) in [4.78, 5) is 28.0. The molecule has 1 fully saturated rings. The molecule has 7 nitrogen and oxygen atoms in total. The summed E-state index contributed by atoms with van der Waals surface area (Å²) in [5, 5.41) is 3.06. The molecule has 1 aliphatic rings. The Hall–Kier alpha value is -2.67. The third-order valence-electron chi connectivity index (χ3n) is 4.62. The lowest BCUT2D eigenvalue weighted by atomic mass is 9.97. The molecule has 3 heterocycles. The molecule has 1 aromatic carbocycles. The number of oxazole rings is 1. The molecule has 3 aromatic rings. The van der Waals surface area contributed by atoms with E-state index in [0.717, 1.165) is 25.9 Å². The first-order chi connectivity index (χ1) is 13.3. The fourth-order valence-corrected chi connectivity index (χ4v) is 3.28. The Morgan fingerprint density at radius 2 is 1.96 bits per heavy atom. The van der Waals surface area contributed by atoms with E-state index in [4.69, 9.17) is 16.0 Å². The van der Waals surface area contributed by atoms with Gasteiger partial charge in [0, 0.05) is 24.2 Å². The molecule has 0 unspecified atom stereocenters. The summed E-state index contributed by atoms with van der Waals surface area (Å²) in [7, 11) is 0. The number of carbonyl (C=O) groups is 1. The summed E-state index contributed by atoms with van der Waals surface area (Å²) in [6.45, 7) is 7.89. The van der Waals surface area contributed by atoms with Gasteiger partial charge in [-0.15, -0.1) is 0 Å². The number of halogens is 1. The van der Waals surface area contributed by atoms with Crippen LogP contribution in [0.2, 0.25) is 5.02 Å². The zero-order valence-corrected chi connectivity index (χ0v) is 16.9. The van der Waals surface area contributed by atoms with Gasteiger partial charge in [-0.05, 0) is 31.0 Å². The van der Waals surface area contributed by atoms with Crippen molar-refractivity contribution in [1.82, 2.24) is 15.0 Å². The molecular weight excluding hydrogens is 378 g/mol. The van der Waals surface area contributed by atoms with Gasteiger partial charge in [0.05, 0.1) is 11.2 Å². The number of nitrogens with zero attached hydrogens (tertiary/aromatic N) is 4. The Labute approximate surface area is 168 Å². The Bertz CT molecular complexity index is 1030. The third kappa shape index (κ3) is 3.67. The Balaban J connectivity index is 1.58. The van der Waals surface area contributed by atoms with Crippen molar-refractivity contribution in [1.29, 1.82) is 0 Å². The molecule has 0 bridgehead atoms. The van der Waals surface area contributed by atoms with Crippen LogP contribution in [0.1, 0.15) is 50.0 Å². The van der Waals surface area contributed by atoms with Gasteiger partial charge in [-0.25, -0.2) is 15.0 Å². The summed E-state index contributed by atoms with van der Waals surface area (Å²) >= 11 is 6.18. The molecule has 0 aliphatic carbocycles. The number of hydrogen-bond donors (Lipinski definition) is 1. The van der Waals surface area contributed by atoms with E-state index in [-0.39, 0.29) is 22.0 Å². The summed E-state index contributed by atoms with van der Waals surface area (Å²) in [6.07, 6.45) is 3.68. The smallest absolute Gasteiger partial charge is 0.276 e. The first kappa shape index (κ1) is 18.7. The quantitative estimate of drug-likeness (QED) is 0.701. The van der Waals surface area contributed by atoms with Crippen LogP contribution >= 0.6 is 11.6 Å². The summed E-state index contributed by atoms with van der Waals surface area (Å²) in [5.74, 6) is 0.806. The first-order valence-electron chi connectivity index (χ1n) is 9.31. The van der Waals surface area contributed by atoms with E-state index < -0.39 is 0 Å². The second kappa shape index (κ2) is 7.05. The number of aromatic nitrogens is 3. The van der Waals surface area contributed by atoms with Crippen LogP contribution in [0.4, 0.5) is 11.6 Å². The van der Waals surface area contributed by atoms with E-state index in [1.807, 2.05) is 20.8 Å². The molecule has 1 amide bonds. The number of benzene rings is 1. The molecule has 1 saturated heterocycles. The summed E-state index contributed by atoms with van der Waals surface area (Å²) < 4.78 is 5.80. The monoisotopic (exact) mass is 399 g/mol. The van der Waals surface area contributed by atoms with Crippen LogP contribution in [0.25, 0.3) is 11.1 Å². The van der Waals surface area contributed by atoms with Crippen LogP contribution < -0.4 is 10.2 Å². The molecular formula is C20H22ClN5O2. The number of hydrogen-bond acceptors (Lipinski definition) is 6. The van der Waals surface area contributed by atoms with Gasteiger partial charge in [0.2, 0.25) is 11.8 Å². The van der Waals surface area contributed by atoms with Crippen LogP contribution in [0, 0.1) is 0 Å². The number of fused-ring (bicyclic) bond motifs is 1. The second-order valence-electron chi connectivity index (χ2n) is 7.97. The van der Waals surface area contributed by atoms with Crippen LogP contribution in [-0.4, -0.2) is 33.9 Å². The first-order valence-corrected chi connectivity index (χ1v) is 9.69. The number of rotatable bonds is 3. The Kier molecular flexibility index (Phi) is 4.71. The maximum absolute atomic E-state index is 12.8. The number of nitrogens with one attached hydrogen (secondary N) is 1. The van der Waals surface area contributed by atoms with Gasteiger partial charge >= 0.3 is 0 Å². The van der Waals surface area contributed by atoms with Gasteiger partial charge in [-0.3, -0.25) is 4.79 Å². The van der Waals surface area contributed by atoms with Gasteiger partial charge < -0.3 is 14.6 Å². The minimum Gasteiger partial charge on any atom is -0.440 e. The average molecular weight is 400 g/mol. The fraction of sp³-hybridized carbons (Fsp3) is 0.400. The molecule has 0 atom stereocenters. The van der Waals surface area contributed by atoms with Crippen molar-refractivity contribution < 1.29 is 9.21 Å².